The van der Waals surface area contributed by atoms with Crippen molar-refractivity contribution < 1.29 is 14.4 Å². The number of likely N-dealkylation sites (tertiary alicyclic amines) is 1. The second-order valence-corrected chi connectivity index (χ2v) is 8.59. The van der Waals surface area contributed by atoms with Crippen LogP contribution in [0.15, 0.2) is 24.3 Å². The highest BCUT2D eigenvalue weighted by molar-refractivity contribution is 6.33. The number of nitrogens with zero attached hydrogens (tertiary/aromatic N) is 1. The van der Waals surface area contributed by atoms with Gasteiger partial charge in [0, 0.05) is 25.0 Å². The van der Waals surface area contributed by atoms with Crippen LogP contribution in [0, 0.1) is 11.8 Å². The monoisotopic (exact) mass is 419 g/mol. The number of hydrogen-bond acceptors (Lipinski definition) is 3. The fourth-order valence-corrected chi connectivity index (χ4v) is 3.96. The smallest absolute Gasteiger partial charge is 0.253 e. The number of carbonyl (C=O) groups is 3. The number of nitrogens with one attached hydrogen (secondary N) is 2. The van der Waals surface area contributed by atoms with E-state index in [0.29, 0.717) is 36.5 Å². The lowest BCUT2D eigenvalue weighted by Gasteiger charge is -2.36. The highest BCUT2D eigenvalue weighted by atomic mass is 35.5. The summed E-state index contributed by atoms with van der Waals surface area (Å²) in [7, 11) is 0. The van der Waals surface area contributed by atoms with Gasteiger partial charge >= 0.3 is 0 Å². The summed E-state index contributed by atoms with van der Waals surface area (Å²) in [5, 5.41) is 6.26. The van der Waals surface area contributed by atoms with Gasteiger partial charge in [-0.15, -0.1) is 0 Å². The molecule has 0 bridgehead atoms. The number of benzene rings is 1. The molecule has 2 atom stereocenters. The fraction of sp³-hybridized carbons (Fsp3) is 0.591. The molecule has 1 aromatic rings. The number of hydrogen-bond donors (Lipinski definition) is 2. The van der Waals surface area contributed by atoms with E-state index < -0.39 is 6.04 Å². The van der Waals surface area contributed by atoms with Crippen LogP contribution in [0.2, 0.25) is 5.02 Å². The maximum absolute atomic E-state index is 13.0. The van der Waals surface area contributed by atoms with Crippen molar-refractivity contribution in [1.82, 2.24) is 15.5 Å². The standard InChI is InChI=1S/C22H30ClN3O3/c1-3-14(2)24-21(28)19(25-20(27)17-6-4-5-7-18(17)23)15-10-12-26(13-11-15)22(29)16-8-9-16/h4-7,14-16,19H,3,8-13H2,1-2H3,(H,24,28)(H,25,27)/t14-,19+/m0/s1. The van der Waals surface area contributed by atoms with Gasteiger partial charge in [0.05, 0.1) is 10.6 Å². The van der Waals surface area contributed by atoms with Crippen LogP contribution in [-0.4, -0.2) is 47.8 Å². The normalized spacial score (nSPS) is 19.3. The first-order chi connectivity index (χ1) is 13.9. The van der Waals surface area contributed by atoms with Gasteiger partial charge in [-0.2, -0.15) is 0 Å². The van der Waals surface area contributed by atoms with Crippen LogP contribution < -0.4 is 10.6 Å². The molecule has 29 heavy (non-hydrogen) atoms. The molecule has 2 fully saturated rings. The zero-order chi connectivity index (χ0) is 21.0. The summed E-state index contributed by atoms with van der Waals surface area (Å²) >= 11 is 6.16. The van der Waals surface area contributed by atoms with Gasteiger partial charge in [-0.3, -0.25) is 14.4 Å². The third-order valence-electron chi connectivity index (χ3n) is 5.94. The predicted octanol–water partition coefficient (Wildman–Crippen LogP) is 3.00. The second-order valence-electron chi connectivity index (χ2n) is 8.19. The Hall–Kier alpha value is -2.08. The van der Waals surface area contributed by atoms with Crippen molar-refractivity contribution in [3.05, 3.63) is 34.9 Å². The van der Waals surface area contributed by atoms with Crippen LogP contribution in [0.5, 0.6) is 0 Å². The summed E-state index contributed by atoms with van der Waals surface area (Å²) in [5.41, 5.74) is 0.358. The Bertz CT molecular complexity index is 757. The van der Waals surface area contributed by atoms with Gasteiger partial charge < -0.3 is 15.5 Å². The molecule has 3 amide bonds. The van der Waals surface area contributed by atoms with Crippen LogP contribution >= 0.6 is 11.6 Å². The van der Waals surface area contributed by atoms with E-state index in [0.717, 1.165) is 19.3 Å². The van der Waals surface area contributed by atoms with Crippen LogP contribution in [0.25, 0.3) is 0 Å². The predicted molar refractivity (Wildman–Crippen MR) is 113 cm³/mol. The molecule has 2 N–H and O–H groups in total. The Morgan fingerprint density at radius 1 is 1.10 bits per heavy atom. The molecule has 0 radical (unpaired) electrons. The molecule has 1 aliphatic carbocycles. The maximum atomic E-state index is 13.0. The number of halogens is 1. The Morgan fingerprint density at radius 3 is 2.34 bits per heavy atom. The van der Waals surface area contributed by atoms with Gasteiger partial charge in [-0.1, -0.05) is 30.7 Å². The molecule has 158 valence electrons. The molecule has 1 aromatic carbocycles. The Morgan fingerprint density at radius 2 is 1.76 bits per heavy atom. The summed E-state index contributed by atoms with van der Waals surface area (Å²) in [6.07, 6.45) is 4.18. The van der Waals surface area contributed by atoms with Gasteiger partial charge in [0.25, 0.3) is 5.91 Å². The molecule has 0 unspecified atom stereocenters. The average molecular weight is 420 g/mol. The molecular formula is C22H30ClN3O3. The SMILES string of the molecule is CC[C@H](C)NC(=O)[C@H](NC(=O)c1ccccc1Cl)C1CCN(C(=O)C2CC2)CC1. The minimum atomic E-state index is -0.647. The molecule has 7 heteroatoms. The zero-order valence-electron chi connectivity index (χ0n) is 17.1. The molecule has 3 rings (SSSR count). The number of amides is 3. The highest BCUT2D eigenvalue weighted by Crippen LogP contribution is 2.33. The minimum absolute atomic E-state index is 0.0197. The molecule has 0 spiro atoms. The van der Waals surface area contributed by atoms with Gasteiger partial charge in [0.2, 0.25) is 11.8 Å². The zero-order valence-corrected chi connectivity index (χ0v) is 17.9. The summed E-state index contributed by atoms with van der Waals surface area (Å²) in [4.78, 5) is 40.0. The van der Waals surface area contributed by atoms with Crippen molar-refractivity contribution in [1.29, 1.82) is 0 Å². The molecular weight excluding hydrogens is 390 g/mol. The number of carbonyl (C=O) groups excluding carboxylic acids is 3. The third kappa shape index (κ3) is 5.50. The minimum Gasteiger partial charge on any atom is -0.352 e. The molecule has 6 nitrogen and oxygen atoms in total. The van der Waals surface area contributed by atoms with Crippen molar-refractivity contribution in [3.63, 3.8) is 0 Å². The van der Waals surface area contributed by atoms with Gasteiger partial charge in [-0.25, -0.2) is 0 Å². The third-order valence-corrected chi connectivity index (χ3v) is 6.27. The topological polar surface area (TPSA) is 78.5 Å². The highest BCUT2D eigenvalue weighted by Gasteiger charge is 2.38. The number of rotatable bonds is 7. The molecule has 1 saturated heterocycles. The largest absolute Gasteiger partial charge is 0.352 e. The molecule has 1 aliphatic heterocycles. The molecule has 1 heterocycles. The van der Waals surface area contributed by atoms with Crippen molar-refractivity contribution in [2.24, 2.45) is 11.8 Å². The lowest BCUT2D eigenvalue weighted by Crippen LogP contribution is -2.55. The fourth-order valence-electron chi connectivity index (χ4n) is 3.74. The first-order valence-corrected chi connectivity index (χ1v) is 10.9. The van der Waals surface area contributed by atoms with E-state index in [-0.39, 0.29) is 35.6 Å². The average Bonchev–Trinajstić information content (AvgIpc) is 3.57. The molecule has 2 aliphatic rings. The first kappa shape index (κ1) is 21.6. The summed E-state index contributed by atoms with van der Waals surface area (Å²) in [5.74, 6) is -0.100. The Kier molecular flexibility index (Phi) is 7.17. The van der Waals surface area contributed by atoms with E-state index in [1.54, 1.807) is 24.3 Å². The van der Waals surface area contributed by atoms with Gasteiger partial charge in [0.15, 0.2) is 0 Å². The number of piperidine rings is 1. The lowest BCUT2D eigenvalue weighted by molar-refractivity contribution is -0.134. The maximum Gasteiger partial charge on any atom is 0.253 e. The van der Waals surface area contributed by atoms with E-state index in [1.807, 2.05) is 18.7 Å². The van der Waals surface area contributed by atoms with Crippen molar-refractivity contribution in [2.75, 3.05) is 13.1 Å². The summed E-state index contributed by atoms with van der Waals surface area (Å²) in [6, 6.07) is 6.20. The summed E-state index contributed by atoms with van der Waals surface area (Å²) in [6.45, 7) is 5.22. The van der Waals surface area contributed by atoms with E-state index in [4.69, 9.17) is 11.6 Å². The Balaban J connectivity index is 1.69. The van der Waals surface area contributed by atoms with Crippen molar-refractivity contribution in [3.8, 4) is 0 Å². The van der Waals surface area contributed by atoms with Crippen LogP contribution in [0.4, 0.5) is 0 Å². The quantitative estimate of drug-likeness (QED) is 0.713. The Labute approximate surface area is 177 Å². The van der Waals surface area contributed by atoms with Crippen molar-refractivity contribution in [2.45, 2.75) is 58.0 Å². The van der Waals surface area contributed by atoms with E-state index in [9.17, 15) is 14.4 Å². The van der Waals surface area contributed by atoms with E-state index in [2.05, 4.69) is 10.6 Å². The van der Waals surface area contributed by atoms with Crippen LogP contribution in [0.3, 0.4) is 0 Å². The molecule has 0 aromatic heterocycles. The second kappa shape index (κ2) is 9.61. The van der Waals surface area contributed by atoms with Crippen molar-refractivity contribution >= 4 is 29.3 Å². The lowest BCUT2D eigenvalue weighted by atomic mass is 9.88. The molecule has 1 saturated carbocycles. The first-order valence-electron chi connectivity index (χ1n) is 10.5. The summed E-state index contributed by atoms with van der Waals surface area (Å²) < 4.78 is 0. The van der Waals surface area contributed by atoms with E-state index >= 15 is 0 Å². The van der Waals surface area contributed by atoms with Crippen LogP contribution in [-0.2, 0) is 9.59 Å². The van der Waals surface area contributed by atoms with Gasteiger partial charge in [0.1, 0.15) is 6.04 Å². The van der Waals surface area contributed by atoms with Gasteiger partial charge in [-0.05, 0) is 57.1 Å². The van der Waals surface area contributed by atoms with Crippen LogP contribution in [0.1, 0.15) is 56.3 Å². The van der Waals surface area contributed by atoms with E-state index in [1.165, 1.54) is 0 Å².